The Labute approximate surface area is 150 Å². The van der Waals surface area contributed by atoms with Crippen molar-refractivity contribution in [2.75, 3.05) is 10.6 Å². The Morgan fingerprint density at radius 3 is 2.80 bits per heavy atom. The van der Waals surface area contributed by atoms with Crippen molar-refractivity contribution in [1.82, 2.24) is 19.9 Å². The Bertz CT molecular complexity index is 870. The summed E-state index contributed by atoms with van der Waals surface area (Å²) in [5, 5.41) is 7.38. The van der Waals surface area contributed by atoms with Gasteiger partial charge < -0.3 is 21.4 Å². The molecule has 4 rings (SSSR count). The molecule has 1 aromatic carbocycles. The van der Waals surface area contributed by atoms with E-state index in [0.717, 1.165) is 36.9 Å². The van der Waals surface area contributed by atoms with Crippen molar-refractivity contribution in [3.63, 3.8) is 0 Å². The van der Waals surface area contributed by atoms with E-state index < -0.39 is 0 Å². The quantitative estimate of drug-likeness (QED) is 0.570. The summed E-state index contributed by atoms with van der Waals surface area (Å²) in [5.41, 5.74) is 8.22. The van der Waals surface area contributed by atoms with Crippen LogP contribution in [0.25, 0.3) is 11.2 Å². The normalized spacial score (nSPS) is 20.6. The zero-order chi connectivity index (χ0) is 17.2. The number of aromatic nitrogens is 4. The van der Waals surface area contributed by atoms with Crippen molar-refractivity contribution in [3.8, 4) is 0 Å². The fourth-order valence-electron chi connectivity index (χ4n) is 3.14. The first-order chi connectivity index (χ1) is 12.2. The standard InChI is InChI=1S/C17H20ClN7/c18-10-2-1-3-13(8-10)22-16-14-15(21-9-20-14)24-17(25-16)23-12-6-4-11(19)5-7-12/h1-3,8-9,11-12H,4-7,19H2,(H3,20,21,22,23,24,25). The van der Waals surface area contributed by atoms with Gasteiger partial charge in [0.2, 0.25) is 5.95 Å². The second-order valence-corrected chi connectivity index (χ2v) is 6.82. The van der Waals surface area contributed by atoms with E-state index in [1.165, 1.54) is 0 Å². The average Bonchev–Trinajstić information content (AvgIpc) is 3.06. The summed E-state index contributed by atoms with van der Waals surface area (Å²) >= 11 is 6.06. The van der Waals surface area contributed by atoms with Gasteiger partial charge in [0.25, 0.3) is 0 Å². The molecule has 2 heterocycles. The van der Waals surface area contributed by atoms with Crippen LogP contribution in [0.15, 0.2) is 30.6 Å². The van der Waals surface area contributed by atoms with Gasteiger partial charge in [-0.05, 0) is 43.9 Å². The number of rotatable bonds is 4. The van der Waals surface area contributed by atoms with Crippen LogP contribution in [0.2, 0.25) is 5.02 Å². The molecule has 2 aromatic heterocycles. The molecule has 0 unspecified atom stereocenters. The van der Waals surface area contributed by atoms with Gasteiger partial charge in [0.15, 0.2) is 11.5 Å². The second kappa shape index (κ2) is 6.85. The third-order valence-corrected chi connectivity index (χ3v) is 4.71. The van der Waals surface area contributed by atoms with E-state index in [0.29, 0.717) is 34.5 Å². The molecule has 1 fully saturated rings. The average molecular weight is 358 g/mol. The Morgan fingerprint density at radius 1 is 1.16 bits per heavy atom. The molecule has 0 saturated heterocycles. The minimum atomic E-state index is 0.313. The fraction of sp³-hybridized carbons (Fsp3) is 0.353. The number of halogens is 1. The molecule has 0 aliphatic heterocycles. The number of fused-ring (bicyclic) bond motifs is 1. The van der Waals surface area contributed by atoms with E-state index in [1.54, 1.807) is 6.33 Å². The van der Waals surface area contributed by atoms with Crippen LogP contribution >= 0.6 is 11.6 Å². The molecule has 3 aromatic rings. The number of hydrogen-bond acceptors (Lipinski definition) is 6. The van der Waals surface area contributed by atoms with E-state index in [1.807, 2.05) is 24.3 Å². The Balaban J connectivity index is 1.60. The Kier molecular flexibility index (Phi) is 4.42. The summed E-state index contributed by atoms with van der Waals surface area (Å²) in [6.07, 6.45) is 5.72. The maximum absolute atomic E-state index is 6.06. The first-order valence-corrected chi connectivity index (χ1v) is 8.81. The summed E-state index contributed by atoms with van der Waals surface area (Å²) in [7, 11) is 0. The SMILES string of the molecule is NC1CCC(Nc2nc(Nc3cccc(Cl)c3)c3[nH]cnc3n2)CC1. The topological polar surface area (TPSA) is 105 Å². The molecule has 0 amide bonds. The molecule has 0 atom stereocenters. The van der Waals surface area contributed by atoms with Crippen LogP contribution < -0.4 is 16.4 Å². The van der Waals surface area contributed by atoms with Crippen LogP contribution in [0.4, 0.5) is 17.5 Å². The molecule has 8 heteroatoms. The minimum absolute atomic E-state index is 0.313. The Hall–Kier alpha value is -2.38. The van der Waals surface area contributed by atoms with Gasteiger partial charge in [0.05, 0.1) is 6.33 Å². The maximum Gasteiger partial charge on any atom is 0.227 e. The summed E-state index contributed by atoms with van der Waals surface area (Å²) in [6.45, 7) is 0. The molecule has 0 radical (unpaired) electrons. The lowest BCUT2D eigenvalue weighted by atomic mass is 9.92. The van der Waals surface area contributed by atoms with Gasteiger partial charge in [-0.15, -0.1) is 0 Å². The van der Waals surface area contributed by atoms with Crippen molar-refractivity contribution in [2.24, 2.45) is 5.73 Å². The van der Waals surface area contributed by atoms with Gasteiger partial charge in [0, 0.05) is 22.8 Å². The first-order valence-electron chi connectivity index (χ1n) is 8.43. The molecule has 0 bridgehead atoms. The first kappa shape index (κ1) is 16.1. The van der Waals surface area contributed by atoms with Crippen molar-refractivity contribution < 1.29 is 0 Å². The van der Waals surface area contributed by atoms with Gasteiger partial charge in [-0.2, -0.15) is 9.97 Å². The van der Waals surface area contributed by atoms with Gasteiger partial charge in [-0.25, -0.2) is 4.98 Å². The smallest absolute Gasteiger partial charge is 0.227 e. The molecule has 7 nitrogen and oxygen atoms in total. The van der Waals surface area contributed by atoms with Gasteiger partial charge >= 0.3 is 0 Å². The van der Waals surface area contributed by atoms with Crippen molar-refractivity contribution in [2.45, 2.75) is 37.8 Å². The molecule has 5 N–H and O–H groups in total. The molecule has 1 aliphatic rings. The molecule has 130 valence electrons. The van der Waals surface area contributed by atoms with Crippen molar-refractivity contribution >= 4 is 40.2 Å². The van der Waals surface area contributed by atoms with Crippen LogP contribution in [0.3, 0.4) is 0 Å². The van der Waals surface area contributed by atoms with Crippen LogP contribution in [-0.2, 0) is 0 Å². The van der Waals surface area contributed by atoms with E-state index in [2.05, 4.69) is 30.6 Å². The number of nitrogens with two attached hydrogens (primary N) is 1. The highest BCUT2D eigenvalue weighted by molar-refractivity contribution is 6.30. The van der Waals surface area contributed by atoms with E-state index in [9.17, 15) is 0 Å². The minimum Gasteiger partial charge on any atom is -0.351 e. The molecular weight excluding hydrogens is 338 g/mol. The lowest BCUT2D eigenvalue weighted by Gasteiger charge is -2.26. The molecule has 1 aliphatic carbocycles. The zero-order valence-corrected chi connectivity index (χ0v) is 14.4. The highest BCUT2D eigenvalue weighted by Crippen LogP contribution is 2.26. The largest absolute Gasteiger partial charge is 0.351 e. The monoisotopic (exact) mass is 357 g/mol. The molecule has 1 saturated carbocycles. The number of H-pyrrole nitrogens is 1. The number of benzene rings is 1. The highest BCUT2D eigenvalue weighted by atomic mass is 35.5. The third kappa shape index (κ3) is 3.67. The van der Waals surface area contributed by atoms with Gasteiger partial charge in [-0.1, -0.05) is 17.7 Å². The van der Waals surface area contributed by atoms with Crippen LogP contribution in [-0.4, -0.2) is 32.0 Å². The number of nitrogens with zero attached hydrogens (tertiary/aromatic N) is 3. The number of imidazole rings is 1. The highest BCUT2D eigenvalue weighted by Gasteiger charge is 2.20. The summed E-state index contributed by atoms with van der Waals surface area (Å²) < 4.78 is 0. The van der Waals surface area contributed by atoms with Crippen molar-refractivity contribution in [1.29, 1.82) is 0 Å². The van der Waals surface area contributed by atoms with Crippen molar-refractivity contribution in [3.05, 3.63) is 35.6 Å². The summed E-state index contributed by atoms with van der Waals surface area (Å²) in [5.74, 6) is 1.24. The zero-order valence-electron chi connectivity index (χ0n) is 13.7. The predicted octanol–water partition coefficient (Wildman–Crippen LogP) is 3.43. The lowest BCUT2D eigenvalue weighted by Crippen LogP contribution is -2.33. The molecule has 25 heavy (non-hydrogen) atoms. The number of anilines is 3. The second-order valence-electron chi connectivity index (χ2n) is 6.39. The maximum atomic E-state index is 6.06. The number of aromatic amines is 1. The van der Waals surface area contributed by atoms with Gasteiger partial charge in [-0.3, -0.25) is 0 Å². The number of nitrogens with one attached hydrogen (secondary N) is 3. The van der Waals surface area contributed by atoms with Crippen LogP contribution in [0.5, 0.6) is 0 Å². The Morgan fingerprint density at radius 2 is 2.00 bits per heavy atom. The van der Waals surface area contributed by atoms with Gasteiger partial charge in [0.1, 0.15) is 5.52 Å². The third-order valence-electron chi connectivity index (χ3n) is 4.48. The predicted molar refractivity (Wildman–Crippen MR) is 100 cm³/mol. The number of hydrogen-bond donors (Lipinski definition) is 4. The fourth-order valence-corrected chi connectivity index (χ4v) is 3.33. The lowest BCUT2D eigenvalue weighted by molar-refractivity contribution is 0.410. The van der Waals surface area contributed by atoms with E-state index in [-0.39, 0.29) is 0 Å². The van der Waals surface area contributed by atoms with Crippen LogP contribution in [0.1, 0.15) is 25.7 Å². The van der Waals surface area contributed by atoms with Crippen LogP contribution in [0, 0.1) is 0 Å². The van der Waals surface area contributed by atoms with E-state index >= 15 is 0 Å². The summed E-state index contributed by atoms with van der Waals surface area (Å²) in [6, 6.07) is 8.16. The summed E-state index contributed by atoms with van der Waals surface area (Å²) in [4.78, 5) is 16.5. The molecule has 0 spiro atoms. The molecular formula is C17H20ClN7. The van der Waals surface area contributed by atoms with E-state index in [4.69, 9.17) is 17.3 Å².